The number of fused-ring (bicyclic) bond motifs is 2. The molecule has 1 N–H and O–H groups in total. The van der Waals surface area contributed by atoms with E-state index in [2.05, 4.69) is 12.2 Å². The largest absolute Gasteiger partial charge is 0.378 e. The predicted molar refractivity (Wildman–Crippen MR) is 44.6 cm³/mol. The zero-order chi connectivity index (χ0) is 7.90. The van der Waals surface area contributed by atoms with Crippen molar-refractivity contribution in [3.05, 3.63) is 0 Å². The van der Waals surface area contributed by atoms with Crippen LogP contribution in [0.4, 0.5) is 0 Å². The maximum absolute atomic E-state index is 5.52. The summed E-state index contributed by atoms with van der Waals surface area (Å²) < 4.78 is 5.52. The van der Waals surface area contributed by atoms with E-state index in [9.17, 15) is 0 Å². The number of hydrogen-bond acceptors (Lipinski definition) is 2. The molecule has 2 nitrogen and oxygen atoms in total. The van der Waals surface area contributed by atoms with Crippen LogP contribution in [0.5, 0.6) is 0 Å². The lowest BCUT2D eigenvalue weighted by Crippen LogP contribution is -2.47. The molecule has 64 valence electrons. The number of rotatable bonds is 1. The van der Waals surface area contributed by atoms with Crippen molar-refractivity contribution in [1.82, 2.24) is 5.32 Å². The number of nitrogens with one attached hydrogen (secondary N) is 1. The molecular formula is C9H17NO. The van der Waals surface area contributed by atoms with E-state index >= 15 is 0 Å². The van der Waals surface area contributed by atoms with Gasteiger partial charge in [0.15, 0.2) is 0 Å². The highest BCUT2D eigenvalue weighted by Crippen LogP contribution is 2.35. The molecule has 0 spiro atoms. The molecule has 0 aromatic carbocycles. The van der Waals surface area contributed by atoms with Crippen molar-refractivity contribution < 1.29 is 4.74 Å². The van der Waals surface area contributed by atoms with Crippen molar-refractivity contribution >= 4 is 0 Å². The molecule has 2 fully saturated rings. The standard InChI is InChI=1S/C9H17NO/c1-9(11-2)5-7-3-4-8(6-9)10-7/h7-8,10H,3-6H2,1-2H3. The Labute approximate surface area is 68.3 Å². The molecule has 2 heteroatoms. The summed E-state index contributed by atoms with van der Waals surface area (Å²) in [6.45, 7) is 2.24. The molecule has 2 rings (SSSR count). The van der Waals surface area contributed by atoms with Crippen molar-refractivity contribution in [3.63, 3.8) is 0 Å². The van der Waals surface area contributed by atoms with Crippen LogP contribution < -0.4 is 5.32 Å². The second-order valence-electron chi connectivity index (χ2n) is 4.20. The van der Waals surface area contributed by atoms with E-state index in [1.54, 1.807) is 0 Å². The minimum Gasteiger partial charge on any atom is -0.378 e. The summed E-state index contributed by atoms with van der Waals surface area (Å²) in [5, 5.41) is 3.60. The normalized spacial score (nSPS) is 49.6. The fourth-order valence-electron chi connectivity index (χ4n) is 2.52. The number of methoxy groups -OCH3 is 1. The first kappa shape index (κ1) is 7.56. The Morgan fingerprint density at radius 3 is 2.27 bits per heavy atom. The molecular weight excluding hydrogens is 138 g/mol. The Morgan fingerprint density at radius 2 is 1.82 bits per heavy atom. The summed E-state index contributed by atoms with van der Waals surface area (Å²) in [5.74, 6) is 0. The molecule has 2 bridgehead atoms. The number of piperidine rings is 1. The van der Waals surface area contributed by atoms with E-state index < -0.39 is 0 Å². The second kappa shape index (κ2) is 2.46. The van der Waals surface area contributed by atoms with Gasteiger partial charge in [-0.3, -0.25) is 0 Å². The van der Waals surface area contributed by atoms with Crippen LogP contribution in [0.1, 0.15) is 32.6 Å². The Hall–Kier alpha value is -0.0800. The van der Waals surface area contributed by atoms with E-state index in [-0.39, 0.29) is 5.60 Å². The third-order valence-corrected chi connectivity index (χ3v) is 3.18. The third-order valence-electron chi connectivity index (χ3n) is 3.18. The van der Waals surface area contributed by atoms with Gasteiger partial charge in [-0.1, -0.05) is 0 Å². The first-order valence-electron chi connectivity index (χ1n) is 4.53. The van der Waals surface area contributed by atoms with Crippen molar-refractivity contribution in [1.29, 1.82) is 0 Å². The van der Waals surface area contributed by atoms with Crippen LogP contribution in [0.15, 0.2) is 0 Å². The monoisotopic (exact) mass is 155 g/mol. The highest BCUT2D eigenvalue weighted by Gasteiger charge is 2.40. The van der Waals surface area contributed by atoms with Crippen LogP contribution in [-0.4, -0.2) is 24.8 Å². The van der Waals surface area contributed by atoms with E-state index in [0.29, 0.717) is 0 Å². The summed E-state index contributed by atoms with van der Waals surface area (Å²) in [7, 11) is 1.84. The minimum atomic E-state index is 0.164. The average molecular weight is 155 g/mol. The average Bonchev–Trinajstić information content (AvgIpc) is 2.31. The van der Waals surface area contributed by atoms with Gasteiger partial charge in [0.25, 0.3) is 0 Å². The third kappa shape index (κ3) is 1.30. The molecule has 0 amide bonds. The molecule has 11 heavy (non-hydrogen) atoms. The molecule has 2 unspecified atom stereocenters. The lowest BCUT2D eigenvalue weighted by molar-refractivity contribution is -0.0317. The summed E-state index contributed by atoms with van der Waals surface area (Å²) in [4.78, 5) is 0. The minimum absolute atomic E-state index is 0.164. The van der Waals surface area contributed by atoms with Crippen molar-refractivity contribution in [2.24, 2.45) is 0 Å². The van der Waals surface area contributed by atoms with Crippen molar-refractivity contribution in [3.8, 4) is 0 Å². The van der Waals surface area contributed by atoms with Crippen LogP contribution in [0, 0.1) is 0 Å². The smallest absolute Gasteiger partial charge is 0.0680 e. The van der Waals surface area contributed by atoms with Crippen LogP contribution in [0.3, 0.4) is 0 Å². The van der Waals surface area contributed by atoms with E-state index in [1.807, 2.05) is 7.11 Å². The maximum atomic E-state index is 5.52. The topological polar surface area (TPSA) is 21.3 Å². The molecule has 2 aliphatic heterocycles. The summed E-state index contributed by atoms with van der Waals surface area (Å²) >= 11 is 0. The lowest BCUT2D eigenvalue weighted by Gasteiger charge is -2.37. The Morgan fingerprint density at radius 1 is 1.27 bits per heavy atom. The highest BCUT2D eigenvalue weighted by atomic mass is 16.5. The van der Waals surface area contributed by atoms with Gasteiger partial charge in [0.05, 0.1) is 5.60 Å². The first-order valence-corrected chi connectivity index (χ1v) is 4.53. The zero-order valence-corrected chi connectivity index (χ0v) is 7.39. The lowest BCUT2D eigenvalue weighted by atomic mass is 9.89. The quantitative estimate of drug-likeness (QED) is 0.616. The summed E-state index contributed by atoms with van der Waals surface area (Å²) in [5.41, 5.74) is 0.164. The SMILES string of the molecule is COC1(C)CC2CCC(C1)N2. The predicted octanol–water partition coefficient (Wildman–Crippen LogP) is 1.31. The summed E-state index contributed by atoms with van der Waals surface area (Å²) in [6.07, 6.45) is 5.09. The van der Waals surface area contributed by atoms with E-state index in [1.165, 1.54) is 25.7 Å². The van der Waals surface area contributed by atoms with E-state index in [0.717, 1.165) is 12.1 Å². The van der Waals surface area contributed by atoms with E-state index in [4.69, 9.17) is 4.74 Å². The molecule has 0 aromatic heterocycles. The second-order valence-corrected chi connectivity index (χ2v) is 4.20. The van der Waals surface area contributed by atoms with Gasteiger partial charge in [-0.2, -0.15) is 0 Å². The highest BCUT2D eigenvalue weighted by molar-refractivity contribution is 4.98. The first-order chi connectivity index (χ1) is 5.22. The number of ether oxygens (including phenoxy) is 1. The Balaban J connectivity index is 2.07. The van der Waals surface area contributed by atoms with Gasteiger partial charge >= 0.3 is 0 Å². The van der Waals surface area contributed by atoms with Gasteiger partial charge in [0.1, 0.15) is 0 Å². The van der Waals surface area contributed by atoms with Gasteiger partial charge in [0, 0.05) is 19.2 Å². The molecule has 2 aliphatic rings. The molecule has 0 radical (unpaired) electrons. The number of hydrogen-bond donors (Lipinski definition) is 1. The molecule has 2 atom stereocenters. The maximum Gasteiger partial charge on any atom is 0.0680 e. The van der Waals surface area contributed by atoms with Crippen molar-refractivity contribution in [2.75, 3.05) is 7.11 Å². The fraction of sp³-hybridized carbons (Fsp3) is 1.00. The van der Waals surface area contributed by atoms with Crippen LogP contribution in [-0.2, 0) is 4.74 Å². The van der Waals surface area contributed by atoms with Crippen LogP contribution in [0.2, 0.25) is 0 Å². The van der Waals surface area contributed by atoms with Crippen LogP contribution >= 0.6 is 0 Å². The van der Waals surface area contributed by atoms with Crippen molar-refractivity contribution in [2.45, 2.75) is 50.3 Å². The summed E-state index contributed by atoms with van der Waals surface area (Å²) in [6, 6.07) is 1.47. The zero-order valence-electron chi connectivity index (χ0n) is 7.39. The fourth-order valence-corrected chi connectivity index (χ4v) is 2.52. The van der Waals surface area contributed by atoms with Gasteiger partial charge in [0.2, 0.25) is 0 Å². The molecule has 0 aromatic rings. The van der Waals surface area contributed by atoms with Gasteiger partial charge in [-0.25, -0.2) is 0 Å². The van der Waals surface area contributed by atoms with Gasteiger partial charge in [-0.05, 0) is 32.6 Å². The van der Waals surface area contributed by atoms with Gasteiger partial charge in [-0.15, -0.1) is 0 Å². The Kier molecular flexibility index (Phi) is 1.69. The van der Waals surface area contributed by atoms with Gasteiger partial charge < -0.3 is 10.1 Å². The molecule has 0 saturated carbocycles. The van der Waals surface area contributed by atoms with Crippen LogP contribution in [0.25, 0.3) is 0 Å². The molecule has 2 heterocycles. The molecule has 2 saturated heterocycles. The molecule has 0 aliphatic carbocycles. The Bertz CT molecular complexity index is 146.